The second-order valence-corrected chi connectivity index (χ2v) is 0. The van der Waals surface area contributed by atoms with Crippen LogP contribution in [0.5, 0.6) is 0 Å². The maximum atomic E-state index is 7.50. The summed E-state index contributed by atoms with van der Waals surface area (Å²) in [7, 11) is 9.14. The zero-order valence-electron chi connectivity index (χ0n) is 6.91. The minimum absolute atomic E-state index is 1.82. The van der Waals surface area contributed by atoms with Gasteiger partial charge in [-0.1, -0.05) is 0 Å². The van der Waals surface area contributed by atoms with Crippen molar-refractivity contribution in [3.63, 3.8) is 0 Å². The van der Waals surface area contributed by atoms with E-state index in [1.54, 1.807) is 0 Å². The van der Waals surface area contributed by atoms with Crippen LogP contribution in [0.3, 0.4) is 0 Å². The van der Waals surface area contributed by atoms with E-state index in [0.717, 1.165) is 0 Å². The molecule has 6 nitrogen and oxygen atoms in total. The first-order valence-electron chi connectivity index (χ1n) is 1.49. The fourth-order valence-corrected chi connectivity index (χ4v) is 0. The monoisotopic (exact) mass is 442 g/mol. The molecule has 0 aliphatic carbocycles. The average molecular weight is 441 g/mol. The van der Waals surface area contributed by atoms with E-state index in [2.05, 4.69) is 59.3 Å². The SMILES string of the molecule is [C-]#[O+].[C-]#[O+].[C-]#[O+].[C-]#[O+].[C-]#[O+].[C-]#[O+].[Cl][Ru].[Cl][Ru]. The van der Waals surface area contributed by atoms with Gasteiger partial charge < -0.3 is 0 Å². The standard InChI is InChI=1S/6CO.2ClH.2Ru/c6*1-2;;;;/h;;;;;;2*1H;;/q;;;;;;;;2*+1/p-2. The van der Waals surface area contributed by atoms with Crippen LogP contribution in [0.4, 0.5) is 0 Å². The summed E-state index contributed by atoms with van der Waals surface area (Å²) in [5.41, 5.74) is 0. The molecule has 0 spiro atoms. The van der Waals surface area contributed by atoms with Crippen molar-refractivity contribution >= 4 is 19.4 Å². The first-order valence-corrected chi connectivity index (χ1v) is 5.97. The average Bonchev–Trinajstić information content (AvgIpc) is 2.54. The van der Waals surface area contributed by atoms with Crippen molar-refractivity contribution in [3.05, 3.63) is 39.9 Å². The van der Waals surface area contributed by atoms with Crippen LogP contribution >= 0.6 is 19.4 Å². The molecule has 0 saturated heterocycles. The number of rotatable bonds is 0. The molecule has 10 heteroatoms. The quantitative estimate of drug-likeness (QED) is 0.305. The number of halogens is 2. The molecule has 0 saturated carbocycles. The maximum absolute atomic E-state index is 7.50. The van der Waals surface area contributed by atoms with E-state index in [-0.39, 0.29) is 0 Å². The summed E-state index contributed by atoms with van der Waals surface area (Å²) in [6, 6.07) is 0. The fourth-order valence-electron chi connectivity index (χ4n) is 0. The van der Waals surface area contributed by atoms with E-state index in [1.165, 1.54) is 0 Å². The van der Waals surface area contributed by atoms with Gasteiger partial charge >= 0.3 is 122 Å². The Hall–Kier alpha value is 0.267. The Kier molecular flexibility index (Phi) is 151000. The molecule has 0 amide bonds. The van der Waals surface area contributed by atoms with Gasteiger partial charge in [-0.25, -0.2) is 0 Å². The van der Waals surface area contributed by atoms with Crippen molar-refractivity contribution in [3.8, 4) is 0 Å². The normalized spacial score (nSPS) is 1.50. The second kappa shape index (κ2) is 43700. The summed E-state index contributed by atoms with van der Waals surface area (Å²) in [4.78, 5) is 0. The van der Waals surface area contributed by atoms with Gasteiger partial charge in [-0.05, 0) is 0 Å². The van der Waals surface area contributed by atoms with Gasteiger partial charge in [0.2, 0.25) is 0 Å². The van der Waals surface area contributed by atoms with Gasteiger partial charge in [0.25, 0.3) is 0 Å². The van der Waals surface area contributed by atoms with Gasteiger partial charge in [0.05, 0.1) is 0 Å². The van der Waals surface area contributed by atoms with Crippen molar-refractivity contribution in [2.24, 2.45) is 0 Å². The molecular weight excluding hydrogens is 441 g/mol. The van der Waals surface area contributed by atoms with Gasteiger partial charge in [0.1, 0.15) is 0 Å². The van der Waals surface area contributed by atoms with E-state index in [1.807, 2.05) is 34.6 Å². The van der Waals surface area contributed by atoms with Gasteiger partial charge in [-0.3, -0.25) is 0 Å². The Labute approximate surface area is 121 Å². The third-order valence-electron chi connectivity index (χ3n) is 0. The summed E-state index contributed by atoms with van der Waals surface area (Å²) in [5, 5.41) is 0. The topological polar surface area (TPSA) is 119 Å². The van der Waals surface area contributed by atoms with Crippen LogP contribution in [0, 0.1) is 39.9 Å². The van der Waals surface area contributed by atoms with Crippen LogP contribution in [-0.4, -0.2) is 0 Å². The molecule has 90 valence electrons. The van der Waals surface area contributed by atoms with Crippen molar-refractivity contribution in [1.82, 2.24) is 0 Å². The molecule has 0 heterocycles. The molecule has 0 rings (SSSR count). The molecule has 0 aliphatic heterocycles. The third kappa shape index (κ3) is 35300. The predicted octanol–water partition coefficient (Wildman–Crippen LogP) is 1.15. The summed E-state index contributed by atoms with van der Waals surface area (Å²) in [6.07, 6.45) is 0. The van der Waals surface area contributed by atoms with Crippen molar-refractivity contribution in [2.75, 3.05) is 0 Å². The van der Waals surface area contributed by atoms with Crippen LogP contribution in [0.1, 0.15) is 0 Å². The molecule has 0 N–H and O–H groups in total. The van der Waals surface area contributed by atoms with Gasteiger partial charge in [-0.15, -0.1) is 0 Å². The molecule has 0 unspecified atom stereocenters. The second-order valence-electron chi connectivity index (χ2n) is 0. The molecule has 0 aromatic carbocycles. The van der Waals surface area contributed by atoms with Crippen molar-refractivity contribution in [1.29, 1.82) is 0 Å². The summed E-state index contributed by atoms with van der Waals surface area (Å²) in [6.45, 7) is 27.0. The van der Waals surface area contributed by atoms with E-state index in [0.29, 0.717) is 0 Å². The molecule has 0 aliphatic rings. The first-order chi connectivity index (χ1) is 8.00. The molecule has 0 radical (unpaired) electrons. The fraction of sp³-hybridized carbons (Fsp3) is 0. The first kappa shape index (κ1) is 55.5. The van der Waals surface area contributed by atoms with E-state index >= 15 is 0 Å². The summed E-state index contributed by atoms with van der Waals surface area (Å²) < 4.78 is 45.0. The Morgan fingerprint density at radius 1 is 0.375 bits per heavy atom. The van der Waals surface area contributed by atoms with Gasteiger partial charge in [-0.2, -0.15) is 0 Å². The van der Waals surface area contributed by atoms with Crippen LogP contribution in [0.2, 0.25) is 0 Å². The zero-order chi connectivity index (χ0) is 16.0. The molecule has 0 atom stereocenters. The van der Waals surface area contributed by atoms with Crippen LogP contribution < -0.4 is 0 Å². The molecular formula is C6Cl2O6Ru2. The Morgan fingerprint density at radius 2 is 0.375 bits per heavy atom. The van der Waals surface area contributed by atoms with Gasteiger partial charge in [0, 0.05) is 0 Å². The van der Waals surface area contributed by atoms with Crippen LogP contribution in [0.15, 0.2) is 0 Å². The number of hydrogen-bond acceptors (Lipinski definition) is 0. The van der Waals surface area contributed by atoms with Gasteiger partial charge in [0.15, 0.2) is 0 Å². The Morgan fingerprint density at radius 3 is 0.375 bits per heavy atom. The number of hydrogen-bond donors (Lipinski definition) is 0. The van der Waals surface area contributed by atoms with E-state index < -0.39 is 0 Å². The third-order valence-corrected chi connectivity index (χ3v) is 0. The van der Waals surface area contributed by atoms with E-state index in [9.17, 15) is 0 Å². The minimum atomic E-state index is 1.82. The molecule has 0 aromatic rings. The van der Waals surface area contributed by atoms with Crippen LogP contribution in [-0.2, 0) is 62.5 Å². The summed E-state index contributed by atoms with van der Waals surface area (Å²) >= 11 is 3.64. The Balaban J connectivity index is -0.00000000762. The molecule has 0 bridgehead atoms. The summed E-state index contributed by atoms with van der Waals surface area (Å²) in [5.74, 6) is 0. The van der Waals surface area contributed by atoms with Crippen LogP contribution in [0.25, 0.3) is 0 Å². The van der Waals surface area contributed by atoms with Crippen molar-refractivity contribution in [2.45, 2.75) is 0 Å². The van der Waals surface area contributed by atoms with E-state index in [4.69, 9.17) is 27.9 Å². The Bertz CT molecular complexity index is 104. The molecule has 0 fully saturated rings. The predicted molar refractivity (Wildman–Crippen MR) is 35.3 cm³/mol. The molecule has 16 heavy (non-hydrogen) atoms. The zero-order valence-corrected chi connectivity index (χ0v) is 11.9. The molecule has 0 aromatic heterocycles. The van der Waals surface area contributed by atoms with Crippen molar-refractivity contribution < 1.29 is 62.5 Å².